The summed E-state index contributed by atoms with van der Waals surface area (Å²) in [5.74, 6) is -0.323. The molecule has 3 rings (SSSR count). The number of ketones is 1. The molecule has 0 N–H and O–H groups in total. The largest absolute Gasteiger partial charge is 0.347 e. The van der Waals surface area contributed by atoms with Gasteiger partial charge in [-0.3, -0.25) is 9.59 Å². The Bertz CT molecular complexity index is 1140. The predicted molar refractivity (Wildman–Crippen MR) is 131 cm³/mol. The zero-order chi connectivity index (χ0) is 22.4. The normalized spacial score (nSPS) is 15.7. The predicted octanol–water partition coefficient (Wildman–Crippen LogP) is 6.62. The maximum Gasteiger partial charge on any atom is 0.193 e. The van der Waals surface area contributed by atoms with E-state index in [9.17, 15) is 9.59 Å². The van der Waals surface area contributed by atoms with Crippen LogP contribution in [0, 0.1) is 6.92 Å². The monoisotopic (exact) mass is 413 g/mol. The van der Waals surface area contributed by atoms with Crippen LogP contribution in [0.2, 0.25) is 0 Å². The van der Waals surface area contributed by atoms with Crippen molar-refractivity contribution in [3.63, 3.8) is 0 Å². The van der Waals surface area contributed by atoms with Crippen LogP contribution in [-0.2, 0) is 6.54 Å². The number of carbonyl (C=O) groups is 1. The zero-order valence-electron chi connectivity index (χ0n) is 18.8. The van der Waals surface area contributed by atoms with Crippen LogP contribution in [0.5, 0.6) is 0 Å². The van der Waals surface area contributed by atoms with Gasteiger partial charge in [0.25, 0.3) is 0 Å². The van der Waals surface area contributed by atoms with E-state index in [0.717, 1.165) is 49.1 Å². The molecule has 0 spiro atoms. The molecule has 0 fully saturated rings. The van der Waals surface area contributed by atoms with E-state index in [-0.39, 0.29) is 16.8 Å². The highest BCUT2D eigenvalue weighted by atomic mass is 16.1. The molecule has 3 nitrogen and oxygen atoms in total. The van der Waals surface area contributed by atoms with Crippen LogP contribution >= 0.6 is 0 Å². The highest BCUT2D eigenvalue weighted by Gasteiger charge is 2.17. The van der Waals surface area contributed by atoms with Gasteiger partial charge in [-0.15, -0.1) is 0 Å². The summed E-state index contributed by atoms with van der Waals surface area (Å²) in [6.45, 7) is 10.6. The summed E-state index contributed by atoms with van der Waals surface area (Å²) < 4.78 is 2.05. The third-order valence-corrected chi connectivity index (χ3v) is 5.70. The van der Waals surface area contributed by atoms with Gasteiger partial charge in [0.1, 0.15) is 0 Å². The molecule has 1 aliphatic heterocycles. The molecule has 0 unspecified atom stereocenters. The van der Waals surface area contributed by atoms with Crippen molar-refractivity contribution < 1.29 is 4.79 Å². The average Bonchev–Trinajstić information content (AvgIpc) is 2.97. The van der Waals surface area contributed by atoms with E-state index in [0.29, 0.717) is 0 Å². The van der Waals surface area contributed by atoms with Crippen LogP contribution in [-0.4, -0.2) is 10.4 Å². The summed E-state index contributed by atoms with van der Waals surface area (Å²) in [4.78, 5) is 24.7. The number of aromatic nitrogens is 1. The molecule has 0 bridgehead atoms. The van der Waals surface area contributed by atoms with Crippen LogP contribution in [0.15, 0.2) is 66.1 Å². The van der Waals surface area contributed by atoms with Crippen LogP contribution in [0.25, 0.3) is 17.2 Å². The SMILES string of the molecule is C=CC(=O)c1cn2c(cc1=O)/C(=C/C(=C/C)c1cc(C)ccc1/C=C\CC)CCCC2. The Balaban J connectivity index is 2.14. The van der Waals surface area contributed by atoms with Crippen LogP contribution in [0.4, 0.5) is 0 Å². The van der Waals surface area contributed by atoms with E-state index in [1.54, 1.807) is 12.3 Å². The number of aryl methyl sites for hydroxylation is 2. The molecule has 2 heterocycles. The zero-order valence-corrected chi connectivity index (χ0v) is 18.8. The summed E-state index contributed by atoms with van der Waals surface area (Å²) in [7, 11) is 0. The van der Waals surface area contributed by atoms with E-state index in [2.05, 4.69) is 74.4 Å². The molecule has 1 aromatic heterocycles. The van der Waals surface area contributed by atoms with Crippen molar-refractivity contribution in [1.29, 1.82) is 0 Å². The van der Waals surface area contributed by atoms with Gasteiger partial charge in [-0.2, -0.15) is 0 Å². The Morgan fingerprint density at radius 1 is 1.19 bits per heavy atom. The number of benzene rings is 1. The van der Waals surface area contributed by atoms with E-state index < -0.39 is 0 Å². The number of nitrogens with zero attached hydrogens (tertiary/aromatic N) is 1. The Hall–Kier alpha value is -3.20. The maximum absolute atomic E-state index is 12.7. The molecule has 1 aromatic carbocycles. The smallest absolute Gasteiger partial charge is 0.193 e. The first kappa shape index (κ1) is 22.5. The second kappa shape index (κ2) is 10.2. The standard InChI is InChI=1S/C28H31NO2/c1-5-8-11-22-14-13-20(4)16-24(22)21(6-2)17-23-12-9-10-15-29-19-25(27(30)7-3)28(31)18-26(23)29/h6-8,11,13-14,16-19H,3,5,9-10,12,15H2,1-2,4H3/b11-8-,21-6-,23-17+. The molecule has 160 valence electrons. The Kier molecular flexibility index (Phi) is 7.41. The van der Waals surface area contributed by atoms with Crippen molar-refractivity contribution >= 4 is 23.0 Å². The van der Waals surface area contributed by atoms with E-state index in [1.807, 2.05) is 0 Å². The summed E-state index contributed by atoms with van der Waals surface area (Å²) in [5, 5.41) is 0. The number of carbonyl (C=O) groups excluding carboxylic acids is 1. The summed E-state index contributed by atoms with van der Waals surface area (Å²) in [6, 6.07) is 8.14. The molecular formula is C28H31NO2. The summed E-state index contributed by atoms with van der Waals surface area (Å²) in [6.07, 6.45) is 15.5. The first-order chi connectivity index (χ1) is 15.0. The molecule has 0 radical (unpaired) electrons. The van der Waals surface area contributed by atoms with Crippen molar-refractivity contribution in [2.24, 2.45) is 0 Å². The maximum atomic E-state index is 12.7. The lowest BCUT2D eigenvalue weighted by molar-refractivity contribution is 0.104. The first-order valence-corrected chi connectivity index (χ1v) is 11.0. The molecular weight excluding hydrogens is 382 g/mol. The van der Waals surface area contributed by atoms with Crippen molar-refractivity contribution in [1.82, 2.24) is 4.57 Å². The molecule has 0 aliphatic carbocycles. The van der Waals surface area contributed by atoms with Crippen molar-refractivity contribution in [3.8, 4) is 0 Å². The number of pyridine rings is 1. The van der Waals surface area contributed by atoms with Gasteiger partial charge in [-0.05, 0) is 74.0 Å². The lowest BCUT2D eigenvalue weighted by atomic mass is 9.93. The highest BCUT2D eigenvalue weighted by Crippen LogP contribution is 2.31. The Labute approximate surface area is 185 Å². The minimum atomic E-state index is -0.323. The Morgan fingerprint density at radius 2 is 2.00 bits per heavy atom. The first-order valence-electron chi connectivity index (χ1n) is 11.0. The third kappa shape index (κ3) is 5.11. The second-order valence-electron chi connectivity index (χ2n) is 7.97. The van der Waals surface area contributed by atoms with E-state index >= 15 is 0 Å². The fourth-order valence-electron chi connectivity index (χ4n) is 4.02. The highest BCUT2D eigenvalue weighted by molar-refractivity contribution is 6.04. The van der Waals surface area contributed by atoms with Gasteiger partial charge in [-0.1, -0.05) is 55.5 Å². The van der Waals surface area contributed by atoms with E-state index in [1.165, 1.54) is 22.8 Å². The van der Waals surface area contributed by atoms with E-state index in [4.69, 9.17) is 0 Å². The molecule has 2 aromatic rings. The minimum Gasteiger partial charge on any atom is -0.347 e. The molecule has 3 heteroatoms. The fourth-order valence-corrected chi connectivity index (χ4v) is 4.02. The van der Waals surface area contributed by atoms with Gasteiger partial charge in [-0.25, -0.2) is 0 Å². The lowest BCUT2D eigenvalue weighted by Gasteiger charge is -2.15. The van der Waals surface area contributed by atoms with Gasteiger partial charge < -0.3 is 4.57 Å². The number of fused-ring (bicyclic) bond motifs is 1. The van der Waals surface area contributed by atoms with Crippen molar-refractivity contribution in [2.75, 3.05) is 0 Å². The number of rotatable bonds is 6. The fraction of sp³-hybridized carbons (Fsp3) is 0.286. The molecule has 31 heavy (non-hydrogen) atoms. The number of hydrogen-bond donors (Lipinski definition) is 0. The third-order valence-electron chi connectivity index (χ3n) is 5.70. The lowest BCUT2D eigenvalue weighted by Crippen LogP contribution is -2.18. The van der Waals surface area contributed by atoms with Crippen molar-refractivity contribution in [2.45, 2.75) is 53.0 Å². The van der Waals surface area contributed by atoms with Gasteiger partial charge in [0.05, 0.1) is 5.56 Å². The molecule has 0 atom stereocenters. The molecule has 0 amide bonds. The molecule has 1 aliphatic rings. The topological polar surface area (TPSA) is 39.1 Å². The van der Waals surface area contributed by atoms with Crippen molar-refractivity contribution in [3.05, 3.63) is 99.5 Å². The molecule has 0 saturated heterocycles. The van der Waals surface area contributed by atoms with Gasteiger partial charge in [0, 0.05) is 24.5 Å². The summed E-state index contributed by atoms with van der Waals surface area (Å²) in [5.41, 5.74) is 6.72. The minimum absolute atomic E-state index is 0.192. The van der Waals surface area contributed by atoms with Gasteiger partial charge in [0.2, 0.25) is 0 Å². The summed E-state index contributed by atoms with van der Waals surface area (Å²) >= 11 is 0. The van der Waals surface area contributed by atoms with Crippen LogP contribution in [0.3, 0.4) is 0 Å². The van der Waals surface area contributed by atoms with Crippen LogP contribution in [0.1, 0.15) is 72.3 Å². The Morgan fingerprint density at radius 3 is 2.71 bits per heavy atom. The number of allylic oxidation sites excluding steroid dienone is 6. The van der Waals surface area contributed by atoms with Crippen LogP contribution < -0.4 is 5.43 Å². The van der Waals surface area contributed by atoms with Gasteiger partial charge in [0.15, 0.2) is 11.2 Å². The number of hydrogen-bond acceptors (Lipinski definition) is 2. The molecule has 0 saturated carbocycles. The second-order valence-corrected chi connectivity index (χ2v) is 7.97. The average molecular weight is 414 g/mol. The quantitative estimate of drug-likeness (QED) is 0.394. The van der Waals surface area contributed by atoms with Gasteiger partial charge >= 0.3 is 0 Å².